The Morgan fingerprint density at radius 1 is 1.44 bits per heavy atom. The molecule has 0 bridgehead atoms. The number of fused-ring (bicyclic) bond motifs is 1. The molecule has 16 heavy (non-hydrogen) atoms. The maximum atomic E-state index is 6.04. The quantitative estimate of drug-likeness (QED) is 0.409. The molecule has 0 saturated heterocycles. The number of imidazole rings is 1. The predicted molar refractivity (Wildman–Crippen MR) is 62.7 cm³/mol. The van der Waals surface area contributed by atoms with Crippen LogP contribution in [-0.2, 0) is 23.6 Å². The fourth-order valence-electron chi connectivity index (χ4n) is 1.40. The molecule has 0 saturated carbocycles. The first-order valence-corrected chi connectivity index (χ1v) is 15.1. The van der Waals surface area contributed by atoms with Crippen molar-refractivity contribution in [2.75, 3.05) is 25.3 Å². The molecule has 2 aromatic rings. The van der Waals surface area contributed by atoms with Crippen LogP contribution in [0, 0.1) is 0 Å². The third-order valence-electron chi connectivity index (χ3n) is 2.16. The summed E-state index contributed by atoms with van der Waals surface area (Å²) >= 11 is -0.0263. The number of halogens is 1. The van der Waals surface area contributed by atoms with Crippen LogP contribution in [0.2, 0.25) is 0 Å². The Morgan fingerprint density at radius 2 is 2.19 bits per heavy atom. The van der Waals surface area contributed by atoms with Crippen LogP contribution < -0.4 is 4.90 Å². The molecule has 0 atom stereocenters. The van der Waals surface area contributed by atoms with Gasteiger partial charge in [0.1, 0.15) is 0 Å². The number of aromatic nitrogens is 4. The van der Waals surface area contributed by atoms with Gasteiger partial charge in [0.15, 0.2) is 0 Å². The van der Waals surface area contributed by atoms with Crippen LogP contribution in [0.5, 0.6) is 0 Å². The molecule has 82 valence electrons. The number of nitrogens with zero attached hydrogens (tertiary/aromatic N) is 5. The minimum absolute atomic E-state index is 0.761. The first kappa shape index (κ1) is 12.4. The van der Waals surface area contributed by atoms with Crippen molar-refractivity contribution in [3.8, 4) is 0 Å². The van der Waals surface area contributed by atoms with E-state index in [0.29, 0.717) is 0 Å². The molecule has 0 aliphatic rings. The number of hydrogen-bond donors (Lipinski definition) is 0. The van der Waals surface area contributed by atoms with Gasteiger partial charge in [-0.15, -0.1) is 0 Å². The molecular formula is C8H10ClHgN5S. The van der Waals surface area contributed by atoms with Gasteiger partial charge in [-0.3, -0.25) is 0 Å². The zero-order valence-corrected chi connectivity index (χ0v) is 16.4. The SMILES string of the molecule is CSc1nc(N(C)C)c2nc[n]([Hg][Cl])c2n1. The van der Waals surface area contributed by atoms with Gasteiger partial charge in [0.2, 0.25) is 0 Å². The van der Waals surface area contributed by atoms with Crippen LogP contribution in [0.3, 0.4) is 0 Å². The summed E-state index contributed by atoms with van der Waals surface area (Å²) in [5.41, 5.74) is 1.71. The summed E-state index contributed by atoms with van der Waals surface area (Å²) < 4.78 is 2.02. The minimum atomic E-state index is -1.56. The van der Waals surface area contributed by atoms with Gasteiger partial charge in [-0.2, -0.15) is 0 Å². The Balaban J connectivity index is 2.73. The van der Waals surface area contributed by atoms with Crippen LogP contribution in [-0.4, -0.2) is 37.6 Å². The Bertz CT molecular complexity index is 514. The van der Waals surface area contributed by atoms with Gasteiger partial charge in [-0.25, -0.2) is 0 Å². The van der Waals surface area contributed by atoms with Gasteiger partial charge in [0, 0.05) is 0 Å². The molecule has 0 unspecified atom stereocenters. The third kappa shape index (κ3) is 2.15. The first-order valence-electron chi connectivity index (χ1n) is 4.67. The number of hydrogen-bond acceptors (Lipinski definition) is 5. The van der Waals surface area contributed by atoms with Crippen molar-refractivity contribution in [3.05, 3.63) is 6.33 Å². The van der Waals surface area contributed by atoms with Crippen molar-refractivity contribution >= 4 is 37.0 Å². The Labute approximate surface area is 114 Å². The van der Waals surface area contributed by atoms with Gasteiger partial charge in [-0.1, -0.05) is 0 Å². The van der Waals surface area contributed by atoms with Crippen molar-refractivity contribution < 1.29 is 23.6 Å². The molecular weight excluding hydrogens is 434 g/mol. The normalized spacial score (nSPS) is 10.5. The summed E-state index contributed by atoms with van der Waals surface area (Å²) in [5.74, 6) is 0.853. The van der Waals surface area contributed by atoms with E-state index in [1.54, 1.807) is 6.33 Å². The third-order valence-corrected chi connectivity index (χ3v) is 7.77. The van der Waals surface area contributed by atoms with Gasteiger partial charge in [0.25, 0.3) is 0 Å². The Kier molecular flexibility index (Phi) is 3.91. The standard InChI is InChI=1S/C8H10N5S.ClH.Hg/c1-13(2)7-5-6(10-4-9-5)11-8(12-7)14-3;;/h4H,1-3H3;1H;/q-1;;+2/p-1. The van der Waals surface area contributed by atoms with E-state index in [0.717, 1.165) is 22.1 Å². The fraction of sp³-hybridized carbons (Fsp3) is 0.375. The Morgan fingerprint density at radius 3 is 2.75 bits per heavy atom. The molecule has 2 heterocycles. The first-order chi connectivity index (χ1) is 7.67. The second kappa shape index (κ2) is 5.06. The van der Waals surface area contributed by atoms with Crippen molar-refractivity contribution in [2.24, 2.45) is 0 Å². The van der Waals surface area contributed by atoms with Gasteiger partial charge < -0.3 is 0 Å². The van der Waals surface area contributed by atoms with Crippen molar-refractivity contribution in [2.45, 2.75) is 5.16 Å². The van der Waals surface area contributed by atoms with Crippen molar-refractivity contribution in [1.82, 2.24) is 17.3 Å². The molecule has 8 heteroatoms. The summed E-state index contributed by atoms with van der Waals surface area (Å²) in [6.07, 6.45) is 3.75. The number of anilines is 1. The summed E-state index contributed by atoms with van der Waals surface area (Å²) in [6.45, 7) is 0. The number of rotatable bonds is 3. The second-order valence-corrected chi connectivity index (χ2v) is 9.88. The van der Waals surface area contributed by atoms with E-state index in [1.165, 1.54) is 11.8 Å². The van der Waals surface area contributed by atoms with E-state index in [-0.39, 0.29) is 0 Å². The average Bonchev–Trinajstić information content (AvgIpc) is 2.69. The Hall–Kier alpha value is -0.0749. The van der Waals surface area contributed by atoms with Gasteiger partial charge in [0.05, 0.1) is 0 Å². The molecule has 2 rings (SSSR count). The molecule has 0 aliphatic heterocycles. The summed E-state index contributed by atoms with van der Waals surface area (Å²) in [5, 5.41) is 0.761. The molecule has 0 aromatic carbocycles. The molecule has 2 aromatic heterocycles. The van der Waals surface area contributed by atoms with E-state index in [9.17, 15) is 0 Å². The molecule has 0 N–H and O–H groups in total. The molecule has 0 radical (unpaired) electrons. The predicted octanol–water partition coefficient (Wildman–Crippen LogP) is 1.61. The van der Waals surface area contributed by atoms with Crippen LogP contribution in [0.15, 0.2) is 11.5 Å². The number of thioether (sulfide) groups is 1. The van der Waals surface area contributed by atoms with Crippen LogP contribution in [0.1, 0.15) is 0 Å². The topological polar surface area (TPSA) is 46.8 Å². The van der Waals surface area contributed by atoms with Gasteiger partial charge in [-0.05, 0) is 0 Å². The van der Waals surface area contributed by atoms with Crippen molar-refractivity contribution in [1.29, 1.82) is 0 Å². The average molecular weight is 444 g/mol. The second-order valence-electron chi connectivity index (χ2n) is 3.43. The van der Waals surface area contributed by atoms with E-state index in [2.05, 4.69) is 15.0 Å². The van der Waals surface area contributed by atoms with Crippen LogP contribution >= 0.6 is 20.0 Å². The van der Waals surface area contributed by atoms with Crippen molar-refractivity contribution in [3.63, 3.8) is 0 Å². The molecule has 0 spiro atoms. The van der Waals surface area contributed by atoms with Crippen LogP contribution in [0.25, 0.3) is 11.2 Å². The fourth-order valence-corrected chi connectivity index (χ4v) is 5.15. The summed E-state index contributed by atoms with van der Waals surface area (Å²) in [7, 11) is 9.95. The monoisotopic (exact) mass is 445 g/mol. The molecule has 0 aliphatic carbocycles. The molecule has 5 nitrogen and oxygen atoms in total. The van der Waals surface area contributed by atoms with E-state index in [1.807, 2.05) is 27.6 Å². The molecule has 0 fully saturated rings. The van der Waals surface area contributed by atoms with E-state index < -0.39 is 23.6 Å². The van der Waals surface area contributed by atoms with Crippen LogP contribution in [0.4, 0.5) is 5.82 Å². The zero-order chi connectivity index (χ0) is 11.7. The zero-order valence-electron chi connectivity index (χ0n) is 9.31. The summed E-state index contributed by atoms with van der Waals surface area (Å²) in [6, 6.07) is 0. The van der Waals surface area contributed by atoms with Gasteiger partial charge >= 0.3 is 115 Å². The van der Waals surface area contributed by atoms with E-state index >= 15 is 0 Å². The summed E-state index contributed by atoms with van der Waals surface area (Å²) in [4.78, 5) is 15.2. The molecule has 0 amide bonds. The maximum absolute atomic E-state index is 6.04. The van der Waals surface area contributed by atoms with E-state index in [4.69, 9.17) is 8.25 Å².